The molecule has 0 amide bonds. The van der Waals surface area contributed by atoms with Crippen LogP contribution < -0.4 is 10.6 Å². The number of fused-ring (bicyclic) bond motifs is 1. The third-order valence-corrected chi connectivity index (χ3v) is 6.17. The second-order valence-electron chi connectivity index (χ2n) is 8.57. The first-order valence-electron chi connectivity index (χ1n) is 11.8. The molecule has 1 heterocycles. The minimum Gasteiger partial charge on any atom is -0.466 e. The summed E-state index contributed by atoms with van der Waals surface area (Å²) >= 11 is 0. The number of carbonyl (C=O) groups is 1. The van der Waals surface area contributed by atoms with Crippen LogP contribution in [0.5, 0.6) is 0 Å². The summed E-state index contributed by atoms with van der Waals surface area (Å²) in [7, 11) is 0. The Labute approximate surface area is 186 Å². The van der Waals surface area contributed by atoms with Crippen molar-refractivity contribution < 1.29 is 14.6 Å². The summed E-state index contributed by atoms with van der Waals surface area (Å²) in [5, 5.41) is 17.3. The van der Waals surface area contributed by atoms with Crippen LogP contribution in [-0.2, 0) is 22.5 Å². The van der Waals surface area contributed by atoms with E-state index in [-0.39, 0.29) is 11.9 Å². The Balaban J connectivity index is 1.44. The van der Waals surface area contributed by atoms with Crippen molar-refractivity contribution >= 4 is 11.9 Å². The van der Waals surface area contributed by atoms with E-state index in [1.165, 1.54) is 11.1 Å². The molecule has 3 rings (SSSR count). The van der Waals surface area contributed by atoms with Crippen LogP contribution in [-0.4, -0.2) is 66.9 Å². The SMILES string of the molecule is CCNC(=NCC(O)CN1CCc2ccccc2C1)NC1CCC(C(=O)OCC)CC1. The number of aliphatic imine (C=N–C) groups is 1. The van der Waals surface area contributed by atoms with E-state index in [1.54, 1.807) is 0 Å². The predicted molar refractivity (Wildman–Crippen MR) is 123 cm³/mol. The Hall–Kier alpha value is -2.12. The van der Waals surface area contributed by atoms with Gasteiger partial charge in [-0.1, -0.05) is 24.3 Å². The van der Waals surface area contributed by atoms with E-state index in [4.69, 9.17) is 4.74 Å². The van der Waals surface area contributed by atoms with E-state index in [2.05, 4.69) is 44.8 Å². The van der Waals surface area contributed by atoms with Gasteiger partial charge >= 0.3 is 5.97 Å². The van der Waals surface area contributed by atoms with Crippen LogP contribution in [0.1, 0.15) is 50.7 Å². The zero-order valence-corrected chi connectivity index (χ0v) is 19.0. The largest absolute Gasteiger partial charge is 0.466 e. The Kier molecular flexibility index (Phi) is 9.15. The van der Waals surface area contributed by atoms with Crippen molar-refractivity contribution in [1.29, 1.82) is 0 Å². The Morgan fingerprint density at radius 1 is 1.23 bits per heavy atom. The third kappa shape index (κ3) is 7.21. The molecule has 1 atom stereocenters. The third-order valence-electron chi connectivity index (χ3n) is 6.17. The van der Waals surface area contributed by atoms with Crippen LogP contribution in [0, 0.1) is 5.92 Å². The number of aliphatic hydroxyl groups excluding tert-OH is 1. The van der Waals surface area contributed by atoms with E-state index < -0.39 is 6.10 Å². The van der Waals surface area contributed by atoms with Crippen molar-refractivity contribution in [3.63, 3.8) is 0 Å². The summed E-state index contributed by atoms with van der Waals surface area (Å²) in [5.74, 6) is 0.698. The number of esters is 1. The lowest BCUT2D eigenvalue weighted by atomic mass is 9.86. The van der Waals surface area contributed by atoms with Gasteiger partial charge in [0.1, 0.15) is 0 Å². The van der Waals surface area contributed by atoms with E-state index in [9.17, 15) is 9.90 Å². The second-order valence-corrected chi connectivity index (χ2v) is 8.57. The highest BCUT2D eigenvalue weighted by Crippen LogP contribution is 2.25. The number of nitrogens with one attached hydrogen (secondary N) is 2. The molecule has 7 nitrogen and oxygen atoms in total. The van der Waals surface area contributed by atoms with Crippen molar-refractivity contribution in [3.05, 3.63) is 35.4 Å². The van der Waals surface area contributed by atoms with E-state index in [1.807, 2.05) is 13.8 Å². The number of nitrogens with zero attached hydrogens (tertiary/aromatic N) is 2. The fourth-order valence-electron chi connectivity index (χ4n) is 4.51. The van der Waals surface area contributed by atoms with Crippen LogP contribution in [0.2, 0.25) is 0 Å². The average Bonchev–Trinajstić information content (AvgIpc) is 2.78. The van der Waals surface area contributed by atoms with E-state index >= 15 is 0 Å². The lowest BCUT2D eigenvalue weighted by molar-refractivity contribution is -0.149. The summed E-state index contributed by atoms with van der Waals surface area (Å²) in [6, 6.07) is 8.84. The quantitative estimate of drug-likeness (QED) is 0.333. The van der Waals surface area contributed by atoms with Gasteiger partial charge in [-0.3, -0.25) is 14.7 Å². The molecule has 1 aliphatic carbocycles. The molecule has 1 aromatic carbocycles. The molecule has 1 unspecified atom stereocenters. The van der Waals surface area contributed by atoms with Crippen molar-refractivity contribution in [1.82, 2.24) is 15.5 Å². The molecule has 1 fully saturated rings. The van der Waals surface area contributed by atoms with Gasteiger partial charge in [-0.05, 0) is 57.1 Å². The van der Waals surface area contributed by atoms with Crippen LogP contribution in [0.4, 0.5) is 0 Å². The van der Waals surface area contributed by atoms with Crippen LogP contribution >= 0.6 is 0 Å². The first-order valence-corrected chi connectivity index (χ1v) is 11.8. The fourth-order valence-corrected chi connectivity index (χ4v) is 4.51. The molecule has 172 valence electrons. The summed E-state index contributed by atoms with van der Waals surface area (Å²) in [6.45, 7) is 7.95. The topological polar surface area (TPSA) is 86.2 Å². The van der Waals surface area contributed by atoms with Gasteiger partial charge in [0.05, 0.1) is 25.2 Å². The minimum atomic E-state index is -0.500. The highest BCUT2D eigenvalue weighted by atomic mass is 16.5. The maximum Gasteiger partial charge on any atom is 0.308 e. The smallest absolute Gasteiger partial charge is 0.308 e. The average molecular weight is 431 g/mol. The number of rotatable bonds is 8. The number of hydrogen-bond donors (Lipinski definition) is 3. The Bertz CT molecular complexity index is 731. The number of aliphatic hydroxyl groups is 1. The molecule has 3 N–H and O–H groups in total. The number of hydrogen-bond acceptors (Lipinski definition) is 5. The summed E-state index contributed by atoms with van der Waals surface area (Å²) in [6.07, 6.45) is 4.06. The summed E-state index contributed by atoms with van der Waals surface area (Å²) in [4.78, 5) is 18.9. The number of carbonyl (C=O) groups excluding carboxylic acids is 1. The van der Waals surface area contributed by atoms with E-state index in [0.29, 0.717) is 25.7 Å². The zero-order valence-electron chi connectivity index (χ0n) is 19.0. The lowest BCUT2D eigenvalue weighted by Crippen LogP contribution is -2.46. The maximum atomic E-state index is 11.9. The van der Waals surface area contributed by atoms with Gasteiger partial charge in [-0.25, -0.2) is 0 Å². The Morgan fingerprint density at radius 3 is 2.68 bits per heavy atom. The Morgan fingerprint density at radius 2 is 1.97 bits per heavy atom. The molecule has 31 heavy (non-hydrogen) atoms. The molecular formula is C24H38N4O3. The molecule has 0 saturated heterocycles. The number of guanidine groups is 1. The molecule has 1 aromatic rings. The van der Waals surface area contributed by atoms with Gasteiger partial charge < -0.3 is 20.5 Å². The van der Waals surface area contributed by atoms with Crippen LogP contribution in [0.3, 0.4) is 0 Å². The number of ether oxygens (including phenoxy) is 1. The highest BCUT2D eigenvalue weighted by Gasteiger charge is 2.27. The predicted octanol–water partition coefficient (Wildman–Crippen LogP) is 2.08. The minimum absolute atomic E-state index is 0.0222. The molecule has 0 aromatic heterocycles. The second kappa shape index (κ2) is 12.1. The normalized spacial score (nSPS) is 23.0. The fraction of sp³-hybridized carbons (Fsp3) is 0.667. The first kappa shape index (κ1) is 23.5. The molecule has 0 bridgehead atoms. The lowest BCUT2D eigenvalue weighted by Gasteiger charge is -2.30. The van der Waals surface area contributed by atoms with Gasteiger partial charge in [-0.2, -0.15) is 0 Å². The van der Waals surface area contributed by atoms with Crippen molar-refractivity contribution in [2.75, 3.05) is 32.8 Å². The highest BCUT2D eigenvalue weighted by molar-refractivity contribution is 5.80. The van der Waals surface area contributed by atoms with Crippen LogP contribution in [0.15, 0.2) is 29.3 Å². The van der Waals surface area contributed by atoms with Gasteiger partial charge in [0.2, 0.25) is 0 Å². The monoisotopic (exact) mass is 430 g/mol. The van der Waals surface area contributed by atoms with Gasteiger partial charge in [0, 0.05) is 32.2 Å². The molecule has 0 spiro atoms. The maximum absolute atomic E-state index is 11.9. The molecule has 7 heteroatoms. The summed E-state index contributed by atoms with van der Waals surface area (Å²) < 4.78 is 5.16. The van der Waals surface area contributed by atoms with Gasteiger partial charge in [-0.15, -0.1) is 0 Å². The van der Waals surface area contributed by atoms with Crippen molar-refractivity contribution in [2.45, 2.75) is 64.6 Å². The standard InChI is InChI=1S/C24H38N4O3/c1-3-25-24(27-21-11-9-19(10-12-21)23(30)31-4-2)26-15-22(29)17-28-14-13-18-7-5-6-8-20(18)16-28/h5-8,19,21-22,29H,3-4,9-17H2,1-2H3,(H2,25,26,27). The van der Waals surface area contributed by atoms with Crippen molar-refractivity contribution in [3.8, 4) is 0 Å². The zero-order chi connectivity index (χ0) is 22.1. The molecular weight excluding hydrogens is 392 g/mol. The summed E-state index contributed by atoms with van der Waals surface area (Å²) in [5.41, 5.74) is 2.78. The molecule has 2 aliphatic rings. The molecule has 1 aliphatic heterocycles. The number of β-amino-alcohol motifs (C(OH)–C–C–N with tert-alkyl or cyclic N) is 1. The van der Waals surface area contributed by atoms with Gasteiger partial charge in [0.15, 0.2) is 5.96 Å². The first-order chi connectivity index (χ1) is 15.1. The van der Waals surface area contributed by atoms with Crippen molar-refractivity contribution in [2.24, 2.45) is 10.9 Å². The molecule has 0 radical (unpaired) electrons. The van der Waals surface area contributed by atoms with Crippen LogP contribution in [0.25, 0.3) is 0 Å². The van der Waals surface area contributed by atoms with Gasteiger partial charge in [0.25, 0.3) is 0 Å². The van der Waals surface area contributed by atoms with E-state index in [0.717, 1.165) is 57.7 Å². The number of benzene rings is 1. The molecule has 1 saturated carbocycles.